The number of ether oxygens (including phenoxy) is 1. The number of rotatable bonds is 4. The predicted molar refractivity (Wildman–Crippen MR) is 104 cm³/mol. The number of carbonyl (C=O) groups is 1. The number of carbonyl (C=O) groups excluding carboxylic acids is 1. The molecule has 2 aliphatic rings. The summed E-state index contributed by atoms with van der Waals surface area (Å²) < 4.78 is 6.57. The Balaban J connectivity index is 1.56. The number of nitrogens with zero attached hydrogens (tertiary/aromatic N) is 3. The van der Waals surface area contributed by atoms with Crippen LogP contribution in [0.3, 0.4) is 0 Å². The van der Waals surface area contributed by atoms with Crippen molar-refractivity contribution >= 4 is 55.6 Å². The van der Waals surface area contributed by atoms with Gasteiger partial charge in [-0.3, -0.25) is 9.69 Å². The van der Waals surface area contributed by atoms with E-state index in [-0.39, 0.29) is 5.91 Å². The Bertz CT molecular complexity index is 824. The molecule has 1 amide bonds. The highest BCUT2D eigenvalue weighted by Gasteiger charge is 2.33. The summed E-state index contributed by atoms with van der Waals surface area (Å²) in [6.07, 6.45) is 2.14. The Morgan fingerprint density at radius 3 is 3.04 bits per heavy atom. The van der Waals surface area contributed by atoms with Crippen LogP contribution in [0.4, 0.5) is 10.8 Å². The quantitative estimate of drug-likeness (QED) is 0.701. The van der Waals surface area contributed by atoms with Crippen molar-refractivity contribution in [2.24, 2.45) is 0 Å². The molecule has 0 spiro atoms. The van der Waals surface area contributed by atoms with Crippen molar-refractivity contribution in [3.8, 4) is 5.75 Å². The van der Waals surface area contributed by atoms with Crippen molar-refractivity contribution in [2.45, 2.75) is 32.4 Å². The number of fused-ring (bicyclic) bond motifs is 1. The number of amides is 1. The maximum absolute atomic E-state index is 11.9. The van der Waals surface area contributed by atoms with Gasteiger partial charge in [0, 0.05) is 22.8 Å². The molecule has 0 bridgehead atoms. The molecule has 8 heteroatoms. The van der Waals surface area contributed by atoms with Crippen LogP contribution < -0.4 is 14.5 Å². The van der Waals surface area contributed by atoms with Crippen molar-refractivity contribution in [1.82, 2.24) is 4.98 Å². The Morgan fingerprint density at radius 2 is 2.32 bits per heavy atom. The number of benzene rings is 1. The molecule has 5 nitrogen and oxygen atoms in total. The summed E-state index contributed by atoms with van der Waals surface area (Å²) in [5, 5.41) is 3.49. The Hall–Kier alpha value is -1.31. The number of hydrogen-bond donors (Lipinski definition) is 0. The molecule has 4 rings (SSSR count). The minimum absolute atomic E-state index is 0.0664. The smallest absolute Gasteiger partial charge is 0.225 e. The molecule has 0 saturated heterocycles. The zero-order valence-electron chi connectivity index (χ0n) is 13.7. The first-order chi connectivity index (χ1) is 12.0. The van der Waals surface area contributed by atoms with E-state index in [1.807, 2.05) is 22.4 Å². The van der Waals surface area contributed by atoms with Gasteiger partial charge in [-0.1, -0.05) is 11.6 Å². The lowest BCUT2D eigenvalue weighted by Gasteiger charge is -2.31. The van der Waals surface area contributed by atoms with Crippen molar-refractivity contribution in [3.63, 3.8) is 0 Å². The predicted octanol–water partition coefficient (Wildman–Crippen LogP) is 4.47. The van der Waals surface area contributed by atoms with Crippen LogP contribution in [0, 0.1) is 0 Å². The molecule has 1 aliphatic heterocycles. The molecule has 1 aliphatic carbocycles. The van der Waals surface area contributed by atoms with E-state index in [1.165, 1.54) is 11.3 Å². The van der Waals surface area contributed by atoms with E-state index in [0.717, 1.165) is 46.1 Å². The second kappa shape index (κ2) is 6.78. The molecule has 0 atom stereocenters. The van der Waals surface area contributed by atoms with Crippen molar-refractivity contribution in [1.29, 1.82) is 0 Å². The first-order valence-electron chi connectivity index (χ1n) is 8.14. The van der Waals surface area contributed by atoms with Crippen LogP contribution in [0.5, 0.6) is 5.75 Å². The lowest BCUT2D eigenvalue weighted by atomic mass is 10.2. The Morgan fingerprint density at radius 1 is 1.52 bits per heavy atom. The van der Waals surface area contributed by atoms with Gasteiger partial charge in [0.1, 0.15) is 12.4 Å². The average Bonchev–Trinajstić information content (AvgIpc) is 3.28. The monoisotopic (exact) mass is 441 g/mol. The second-order valence-electron chi connectivity index (χ2n) is 6.25. The molecular formula is C17H17BrClN3O2S. The molecule has 0 unspecified atom stereocenters. The molecular weight excluding hydrogens is 426 g/mol. The van der Waals surface area contributed by atoms with Crippen molar-refractivity contribution in [2.75, 3.05) is 23.0 Å². The van der Waals surface area contributed by atoms with Gasteiger partial charge in [0.05, 0.1) is 29.5 Å². The molecule has 1 aromatic carbocycles. The number of aromatic nitrogens is 1. The molecule has 1 aromatic heterocycles. The van der Waals surface area contributed by atoms with Crippen LogP contribution in [-0.4, -0.2) is 30.1 Å². The Labute approximate surface area is 163 Å². The minimum atomic E-state index is 0.0664. The third kappa shape index (κ3) is 3.50. The largest absolute Gasteiger partial charge is 0.490 e. The van der Waals surface area contributed by atoms with E-state index >= 15 is 0 Å². The molecule has 0 N–H and O–H groups in total. The van der Waals surface area contributed by atoms with E-state index in [2.05, 4.69) is 20.8 Å². The van der Waals surface area contributed by atoms with Gasteiger partial charge >= 0.3 is 0 Å². The lowest BCUT2D eigenvalue weighted by Crippen LogP contribution is -2.32. The Kier molecular flexibility index (Phi) is 4.64. The van der Waals surface area contributed by atoms with Crippen molar-refractivity contribution < 1.29 is 9.53 Å². The van der Waals surface area contributed by atoms with Crippen LogP contribution in [0.25, 0.3) is 0 Å². The van der Waals surface area contributed by atoms with E-state index in [0.29, 0.717) is 24.2 Å². The van der Waals surface area contributed by atoms with Gasteiger partial charge in [0.15, 0.2) is 5.13 Å². The van der Waals surface area contributed by atoms with Crippen LogP contribution in [0.15, 0.2) is 22.0 Å². The minimum Gasteiger partial charge on any atom is -0.490 e. The highest BCUT2D eigenvalue weighted by molar-refractivity contribution is 9.10. The maximum Gasteiger partial charge on any atom is 0.225 e. The maximum atomic E-state index is 11.9. The molecule has 132 valence electrons. The zero-order valence-corrected chi connectivity index (χ0v) is 16.8. The number of hydrogen-bond acceptors (Lipinski definition) is 5. The number of halogens is 2. The van der Waals surface area contributed by atoms with Gasteiger partial charge < -0.3 is 9.64 Å². The van der Waals surface area contributed by atoms with E-state index in [4.69, 9.17) is 21.3 Å². The van der Waals surface area contributed by atoms with Gasteiger partial charge in [0.2, 0.25) is 5.91 Å². The summed E-state index contributed by atoms with van der Waals surface area (Å²) >= 11 is 11.2. The molecule has 1 fully saturated rings. The number of anilines is 2. The highest BCUT2D eigenvalue weighted by Crippen LogP contribution is 2.39. The van der Waals surface area contributed by atoms with Gasteiger partial charge in [-0.25, -0.2) is 4.98 Å². The van der Waals surface area contributed by atoms with Gasteiger partial charge in [0.25, 0.3) is 0 Å². The van der Waals surface area contributed by atoms with Gasteiger partial charge in [-0.15, -0.1) is 11.3 Å². The summed E-state index contributed by atoms with van der Waals surface area (Å²) in [6, 6.07) is 4.15. The summed E-state index contributed by atoms with van der Waals surface area (Å²) in [7, 11) is 0. The summed E-state index contributed by atoms with van der Waals surface area (Å²) in [4.78, 5) is 20.6. The van der Waals surface area contributed by atoms with Crippen LogP contribution in [0.2, 0.25) is 5.02 Å². The van der Waals surface area contributed by atoms with E-state index < -0.39 is 0 Å². The average molecular weight is 443 g/mol. The third-order valence-corrected chi connectivity index (χ3v) is 6.40. The third-order valence-electron chi connectivity index (χ3n) is 4.31. The first-order valence-corrected chi connectivity index (χ1v) is 10.2. The van der Waals surface area contributed by atoms with Crippen molar-refractivity contribution in [3.05, 3.63) is 32.7 Å². The SMILES string of the molecule is CC(=O)N(c1nc(CN2CCOc3cc(Br)c(Cl)cc32)cs1)C1CC1. The standard InChI is InChI=1S/C17H17BrClN3O2S/c1-10(23)22(12-2-3-12)17-20-11(9-25-17)8-21-4-5-24-16-6-13(18)14(19)7-15(16)21/h6-7,9,12H,2-5,8H2,1H3. The summed E-state index contributed by atoms with van der Waals surface area (Å²) in [6.45, 7) is 3.68. The fraction of sp³-hybridized carbons (Fsp3) is 0.412. The molecule has 0 radical (unpaired) electrons. The first kappa shape index (κ1) is 17.1. The molecule has 25 heavy (non-hydrogen) atoms. The van der Waals surface area contributed by atoms with Gasteiger partial charge in [-0.05, 0) is 40.9 Å². The molecule has 2 aromatic rings. The summed E-state index contributed by atoms with van der Waals surface area (Å²) in [5.41, 5.74) is 1.93. The fourth-order valence-corrected chi connectivity index (χ4v) is 4.40. The molecule has 1 saturated carbocycles. The van der Waals surface area contributed by atoms with Gasteiger partial charge in [-0.2, -0.15) is 0 Å². The van der Waals surface area contributed by atoms with Crippen LogP contribution in [-0.2, 0) is 11.3 Å². The fourth-order valence-electron chi connectivity index (χ4n) is 2.99. The highest BCUT2D eigenvalue weighted by atomic mass is 79.9. The normalized spacial score (nSPS) is 16.4. The zero-order chi connectivity index (χ0) is 17.6. The number of thiazole rings is 1. The van der Waals surface area contributed by atoms with E-state index in [1.54, 1.807) is 6.92 Å². The second-order valence-corrected chi connectivity index (χ2v) is 8.34. The van der Waals surface area contributed by atoms with Crippen LogP contribution >= 0.6 is 38.9 Å². The van der Waals surface area contributed by atoms with Crippen LogP contribution in [0.1, 0.15) is 25.5 Å². The lowest BCUT2D eigenvalue weighted by molar-refractivity contribution is -0.116. The van der Waals surface area contributed by atoms with E-state index in [9.17, 15) is 4.79 Å². The summed E-state index contributed by atoms with van der Waals surface area (Å²) in [5.74, 6) is 0.887. The topological polar surface area (TPSA) is 45.7 Å². The molecule has 2 heterocycles.